The van der Waals surface area contributed by atoms with Gasteiger partial charge in [0.25, 0.3) is 0 Å². The first-order valence-corrected chi connectivity index (χ1v) is 11.6. The van der Waals surface area contributed by atoms with E-state index in [1.165, 1.54) is 11.3 Å². The summed E-state index contributed by atoms with van der Waals surface area (Å²) in [5, 5.41) is 0. The fourth-order valence-corrected chi connectivity index (χ4v) is 5.40. The predicted molar refractivity (Wildman–Crippen MR) is 114 cm³/mol. The van der Waals surface area contributed by atoms with Crippen LogP contribution in [0.2, 0.25) is 0 Å². The summed E-state index contributed by atoms with van der Waals surface area (Å²) in [5.74, 6) is -0.337. The molecule has 0 atom stereocenters. The molecule has 0 aliphatic heterocycles. The van der Waals surface area contributed by atoms with Gasteiger partial charge in [-0.3, -0.25) is 4.79 Å². The molecule has 0 saturated heterocycles. The standard InChI is InChI=1S/C21H22N2O3S2/c1-2-14-23-18-11-6-7-12-19(18)27-21(23)22-20(24)13-8-15-28(25,26)16-17-9-4-3-5-10-17/h2-7,9-12H,1,8,13-16H2. The number of carbonyl (C=O) groups is 1. The molecule has 7 heteroatoms. The van der Waals surface area contributed by atoms with Gasteiger partial charge in [0, 0.05) is 13.0 Å². The van der Waals surface area contributed by atoms with Gasteiger partial charge in [0.2, 0.25) is 5.91 Å². The third-order valence-electron chi connectivity index (χ3n) is 4.20. The Labute approximate surface area is 168 Å². The van der Waals surface area contributed by atoms with Crippen molar-refractivity contribution in [3.05, 3.63) is 77.6 Å². The van der Waals surface area contributed by atoms with Gasteiger partial charge in [-0.15, -0.1) is 6.58 Å². The van der Waals surface area contributed by atoms with Crippen molar-refractivity contribution >= 4 is 37.3 Å². The van der Waals surface area contributed by atoms with Crippen LogP contribution in [0.25, 0.3) is 10.2 Å². The smallest absolute Gasteiger partial charge is 0.248 e. The van der Waals surface area contributed by atoms with Crippen LogP contribution in [0.3, 0.4) is 0 Å². The minimum atomic E-state index is -3.25. The summed E-state index contributed by atoms with van der Waals surface area (Å²) in [6, 6.07) is 16.9. The molecule has 5 nitrogen and oxygen atoms in total. The summed E-state index contributed by atoms with van der Waals surface area (Å²) < 4.78 is 27.5. The third kappa shape index (κ3) is 5.27. The highest BCUT2D eigenvalue weighted by Gasteiger charge is 2.13. The van der Waals surface area contributed by atoms with Gasteiger partial charge < -0.3 is 4.57 Å². The molecule has 3 aromatic rings. The topological polar surface area (TPSA) is 68.5 Å². The largest absolute Gasteiger partial charge is 0.313 e. The van der Waals surface area contributed by atoms with Crippen molar-refractivity contribution in [3.8, 4) is 0 Å². The van der Waals surface area contributed by atoms with Crippen LogP contribution in [0.4, 0.5) is 0 Å². The molecule has 0 spiro atoms. The van der Waals surface area contributed by atoms with Gasteiger partial charge >= 0.3 is 0 Å². The molecule has 0 N–H and O–H groups in total. The van der Waals surface area contributed by atoms with Crippen molar-refractivity contribution < 1.29 is 13.2 Å². The number of hydrogen-bond acceptors (Lipinski definition) is 4. The van der Waals surface area contributed by atoms with Crippen LogP contribution in [0.5, 0.6) is 0 Å². The predicted octanol–water partition coefficient (Wildman–Crippen LogP) is 3.71. The molecule has 3 rings (SSSR count). The first-order valence-electron chi connectivity index (χ1n) is 9.00. The molecule has 146 valence electrons. The highest BCUT2D eigenvalue weighted by atomic mass is 32.2. The highest BCUT2D eigenvalue weighted by Crippen LogP contribution is 2.16. The van der Waals surface area contributed by atoms with Crippen LogP contribution in [0, 0.1) is 0 Å². The van der Waals surface area contributed by atoms with Crippen molar-refractivity contribution in [1.29, 1.82) is 0 Å². The minimum absolute atomic E-state index is 0.00514. The molecule has 1 aromatic heterocycles. The van der Waals surface area contributed by atoms with Crippen molar-refractivity contribution in [2.24, 2.45) is 4.99 Å². The number of aromatic nitrogens is 1. The van der Waals surface area contributed by atoms with E-state index in [1.54, 1.807) is 18.2 Å². The zero-order valence-electron chi connectivity index (χ0n) is 15.5. The first kappa shape index (κ1) is 20.2. The number of sulfone groups is 1. The molecule has 1 heterocycles. The van der Waals surface area contributed by atoms with Crippen LogP contribution in [-0.4, -0.2) is 24.6 Å². The maximum Gasteiger partial charge on any atom is 0.248 e. The van der Waals surface area contributed by atoms with Crippen LogP contribution in [0.1, 0.15) is 18.4 Å². The molecule has 0 aliphatic rings. The zero-order valence-corrected chi connectivity index (χ0v) is 17.1. The molecule has 0 unspecified atom stereocenters. The SMILES string of the molecule is C=CCn1c(=NC(=O)CCCS(=O)(=O)Cc2ccccc2)sc2ccccc21. The number of allylic oxidation sites excluding steroid dienone is 1. The number of benzene rings is 2. The monoisotopic (exact) mass is 414 g/mol. The lowest BCUT2D eigenvalue weighted by Gasteiger charge is -2.03. The van der Waals surface area contributed by atoms with Gasteiger partial charge in [0.1, 0.15) is 0 Å². The Balaban J connectivity index is 1.66. The Morgan fingerprint density at radius 2 is 1.82 bits per heavy atom. The number of fused-ring (bicyclic) bond motifs is 1. The van der Waals surface area contributed by atoms with E-state index in [4.69, 9.17) is 0 Å². The van der Waals surface area contributed by atoms with E-state index < -0.39 is 9.84 Å². The third-order valence-corrected chi connectivity index (χ3v) is 6.94. The van der Waals surface area contributed by atoms with Crippen molar-refractivity contribution in [3.63, 3.8) is 0 Å². The van der Waals surface area contributed by atoms with Crippen LogP contribution >= 0.6 is 11.3 Å². The second kappa shape index (κ2) is 9.12. The summed E-state index contributed by atoms with van der Waals surface area (Å²) in [4.78, 5) is 17.1. The van der Waals surface area contributed by atoms with Gasteiger partial charge in [-0.2, -0.15) is 4.99 Å². The van der Waals surface area contributed by atoms with E-state index in [1.807, 2.05) is 47.0 Å². The van der Waals surface area contributed by atoms with Gasteiger partial charge in [-0.05, 0) is 24.1 Å². The molecular formula is C21H22N2O3S2. The molecule has 0 bridgehead atoms. The molecule has 1 amide bonds. The molecule has 0 fully saturated rings. The van der Waals surface area contributed by atoms with E-state index in [9.17, 15) is 13.2 Å². The number of amides is 1. The lowest BCUT2D eigenvalue weighted by Crippen LogP contribution is -2.16. The van der Waals surface area contributed by atoms with Crippen LogP contribution < -0.4 is 4.80 Å². The zero-order chi connectivity index (χ0) is 20.0. The molecule has 28 heavy (non-hydrogen) atoms. The average Bonchev–Trinajstić information content (AvgIpc) is 2.99. The van der Waals surface area contributed by atoms with E-state index in [0.717, 1.165) is 15.8 Å². The van der Waals surface area contributed by atoms with E-state index in [0.29, 0.717) is 11.3 Å². The number of hydrogen-bond donors (Lipinski definition) is 0. The van der Waals surface area contributed by atoms with Gasteiger partial charge in [-0.1, -0.05) is 59.9 Å². The molecular weight excluding hydrogens is 392 g/mol. The van der Waals surface area contributed by atoms with Crippen LogP contribution in [-0.2, 0) is 26.9 Å². The fourth-order valence-electron chi connectivity index (χ4n) is 2.92. The summed E-state index contributed by atoms with van der Waals surface area (Å²) >= 11 is 1.44. The molecule has 0 radical (unpaired) electrons. The van der Waals surface area contributed by atoms with Crippen LogP contribution in [0.15, 0.2) is 72.2 Å². The molecule has 0 aliphatic carbocycles. The van der Waals surface area contributed by atoms with Crippen molar-refractivity contribution in [2.75, 3.05) is 5.75 Å². The lowest BCUT2D eigenvalue weighted by molar-refractivity contribution is -0.118. The van der Waals surface area contributed by atoms with Gasteiger partial charge in [0.15, 0.2) is 14.6 Å². The van der Waals surface area contributed by atoms with E-state index in [2.05, 4.69) is 11.6 Å². The number of rotatable bonds is 8. The van der Waals surface area contributed by atoms with Gasteiger partial charge in [0.05, 0.1) is 21.7 Å². The Morgan fingerprint density at radius 3 is 2.57 bits per heavy atom. The maximum absolute atomic E-state index is 12.3. The number of nitrogens with zero attached hydrogens (tertiary/aromatic N) is 2. The second-order valence-corrected chi connectivity index (χ2v) is 9.63. The quantitative estimate of drug-likeness (QED) is 0.528. The number of para-hydroxylation sites is 1. The maximum atomic E-state index is 12.3. The van der Waals surface area contributed by atoms with Crippen molar-refractivity contribution in [1.82, 2.24) is 4.57 Å². The fraction of sp³-hybridized carbons (Fsp3) is 0.238. The average molecular weight is 415 g/mol. The lowest BCUT2D eigenvalue weighted by atomic mass is 10.2. The van der Waals surface area contributed by atoms with Crippen molar-refractivity contribution in [2.45, 2.75) is 25.1 Å². The number of thiazole rings is 1. The molecule has 2 aromatic carbocycles. The Morgan fingerprint density at radius 1 is 1.11 bits per heavy atom. The number of carbonyl (C=O) groups excluding carboxylic acids is 1. The Kier molecular flexibility index (Phi) is 6.59. The summed E-state index contributed by atoms with van der Waals surface area (Å²) in [7, 11) is -3.25. The Bertz CT molecular complexity index is 1140. The summed E-state index contributed by atoms with van der Waals surface area (Å²) in [6.45, 7) is 4.32. The van der Waals surface area contributed by atoms with E-state index >= 15 is 0 Å². The van der Waals surface area contributed by atoms with Gasteiger partial charge in [-0.25, -0.2) is 8.42 Å². The summed E-state index contributed by atoms with van der Waals surface area (Å²) in [5.41, 5.74) is 1.76. The minimum Gasteiger partial charge on any atom is -0.313 e. The summed E-state index contributed by atoms with van der Waals surface area (Å²) in [6.07, 6.45) is 2.14. The Hall–Kier alpha value is -2.51. The normalized spacial score (nSPS) is 12.4. The van der Waals surface area contributed by atoms with E-state index in [-0.39, 0.29) is 30.3 Å². The first-order chi connectivity index (χ1) is 13.5. The highest BCUT2D eigenvalue weighted by molar-refractivity contribution is 7.90. The second-order valence-electron chi connectivity index (χ2n) is 6.44. The molecule has 0 saturated carbocycles.